The van der Waals surface area contributed by atoms with Crippen LogP contribution in [0.1, 0.15) is 54.4 Å². The first-order valence-corrected chi connectivity index (χ1v) is 12.8. The standard InChI is InChI=1S/C28H33N3O5/c1-31-23-12-11-21(16-27(33)29-19-8-5-9-19)36-25(23)17-35-24-13-10-20(15-22(24)28(31)34)30-26(32)14-18-6-3-2-4-7-18/h2-4,6-7,10,13,15,19,21,23,25H,5,8-9,11-12,14,16-17H2,1H3,(H,29,33)(H,30,32)/t21-,23+,25-/m1/s1. The third-order valence-corrected chi connectivity index (χ3v) is 7.39. The quantitative estimate of drug-likeness (QED) is 0.646. The summed E-state index contributed by atoms with van der Waals surface area (Å²) in [5.74, 6) is 0.164. The second kappa shape index (κ2) is 10.7. The van der Waals surface area contributed by atoms with E-state index in [0.29, 0.717) is 35.9 Å². The Hall–Kier alpha value is -3.39. The molecule has 8 nitrogen and oxygen atoms in total. The lowest BCUT2D eigenvalue weighted by Gasteiger charge is -2.42. The molecule has 2 heterocycles. The number of fused-ring (bicyclic) bond motifs is 2. The van der Waals surface area contributed by atoms with E-state index in [2.05, 4.69) is 10.6 Å². The Kier molecular flexibility index (Phi) is 7.23. The van der Waals surface area contributed by atoms with E-state index < -0.39 is 0 Å². The number of hydrogen-bond acceptors (Lipinski definition) is 5. The van der Waals surface area contributed by atoms with E-state index in [9.17, 15) is 14.4 Å². The number of anilines is 1. The molecule has 5 rings (SSSR count). The van der Waals surface area contributed by atoms with Crippen LogP contribution in [0.2, 0.25) is 0 Å². The molecule has 3 amide bonds. The van der Waals surface area contributed by atoms with Gasteiger partial charge >= 0.3 is 0 Å². The average molecular weight is 492 g/mol. The average Bonchev–Trinajstić information content (AvgIpc) is 2.84. The van der Waals surface area contributed by atoms with E-state index in [-0.39, 0.29) is 49.0 Å². The predicted octanol–water partition coefficient (Wildman–Crippen LogP) is 3.31. The van der Waals surface area contributed by atoms with Gasteiger partial charge in [-0.3, -0.25) is 14.4 Å². The van der Waals surface area contributed by atoms with Crippen LogP contribution in [0, 0.1) is 0 Å². The fourth-order valence-electron chi connectivity index (χ4n) is 5.14. The van der Waals surface area contributed by atoms with Gasteiger partial charge in [0, 0.05) is 18.8 Å². The molecule has 190 valence electrons. The summed E-state index contributed by atoms with van der Waals surface area (Å²) in [6, 6.07) is 14.8. The van der Waals surface area contributed by atoms with Gasteiger partial charge < -0.3 is 25.0 Å². The van der Waals surface area contributed by atoms with Crippen molar-refractivity contribution in [2.75, 3.05) is 19.0 Å². The van der Waals surface area contributed by atoms with Crippen LogP contribution < -0.4 is 15.4 Å². The molecule has 1 aliphatic carbocycles. The van der Waals surface area contributed by atoms with E-state index in [1.54, 1.807) is 30.1 Å². The molecule has 2 aromatic carbocycles. The summed E-state index contributed by atoms with van der Waals surface area (Å²) in [4.78, 5) is 40.0. The Morgan fingerprint density at radius 1 is 1.03 bits per heavy atom. The summed E-state index contributed by atoms with van der Waals surface area (Å²) in [6.07, 6.45) is 4.83. The first-order chi connectivity index (χ1) is 17.5. The van der Waals surface area contributed by atoms with Crippen molar-refractivity contribution in [3.05, 3.63) is 59.7 Å². The number of likely N-dealkylation sites (N-methyl/N-ethyl adjacent to an activating group) is 1. The van der Waals surface area contributed by atoms with Crippen molar-refractivity contribution in [2.24, 2.45) is 0 Å². The summed E-state index contributed by atoms with van der Waals surface area (Å²) in [6.45, 7) is 0.287. The topological polar surface area (TPSA) is 97.0 Å². The fraction of sp³-hybridized carbons (Fsp3) is 0.464. The van der Waals surface area contributed by atoms with Crippen molar-refractivity contribution < 1.29 is 23.9 Å². The smallest absolute Gasteiger partial charge is 0.257 e. The van der Waals surface area contributed by atoms with Crippen molar-refractivity contribution in [1.82, 2.24) is 10.2 Å². The van der Waals surface area contributed by atoms with Gasteiger partial charge in [0.15, 0.2) is 0 Å². The van der Waals surface area contributed by atoms with E-state index >= 15 is 0 Å². The largest absolute Gasteiger partial charge is 0.490 e. The van der Waals surface area contributed by atoms with Crippen molar-refractivity contribution in [3.8, 4) is 5.75 Å². The molecule has 1 saturated carbocycles. The van der Waals surface area contributed by atoms with E-state index in [0.717, 1.165) is 24.8 Å². The van der Waals surface area contributed by atoms with Crippen molar-refractivity contribution in [2.45, 2.75) is 69.2 Å². The Morgan fingerprint density at radius 3 is 2.58 bits per heavy atom. The number of carbonyl (C=O) groups excluding carboxylic acids is 3. The van der Waals surface area contributed by atoms with Gasteiger partial charge in [0.05, 0.1) is 30.6 Å². The van der Waals surface area contributed by atoms with Crippen molar-refractivity contribution in [1.29, 1.82) is 0 Å². The van der Waals surface area contributed by atoms with Gasteiger partial charge in [0.2, 0.25) is 11.8 Å². The number of hydrogen-bond donors (Lipinski definition) is 2. The maximum atomic E-state index is 13.4. The molecule has 0 radical (unpaired) electrons. The van der Waals surface area contributed by atoms with E-state index in [1.807, 2.05) is 30.3 Å². The molecule has 0 unspecified atom stereocenters. The second-order valence-corrected chi connectivity index (χ2v) is 9.99. The van der Waals surface area contributed by atoms with Crippen LogP contribution in [0.25, 0.3) is 0 Å². The lowest BCUT2D eigenvalue weighted by atomic mass is 9.92. The molecule has 1 saturated heterocycles. The Balaban J connectivity index is 1.23. The van der Waals surface area contributed by atoms with Crippen LogP contribution >= 0.6 is 0 Å². The number of amides is 3. The number of nitrogens with one attached hydrogen (secondary N) is 2. The van der Waals surface area contributed by atoms with Gasteiger partial charge in [-0.1, -0.05) is 30.3 Å². The Morgan fingerprint density at radius 2 is 1.83 bits per heavy atom. The molecular weight excluding hydrogens is 458 g/mol. The van der Waals surface area contributed by atoms with E-state index in [4.69, 9.17) is 9.47 Å². The molecule has 2 aliphatic heterocycles. The Bertz CT molecular complexity index is 1120. The van der Waals surface area contributed by atoms with Crippen LogP contribution in [0.4, 0.5) is 5.69 Å². The molecule has 0 aromatic heterocycles. The highest BCUT2D eigenvalue weighted by Crippen LogP contribution is 2.32. The maximum absolute atomic E-state index is 13.4. The van der Waals surface area contributed by atoms with E-state index in [1.165, 1.54) is 6.42 Å². The first-order valence-electron chi connectivity index (χ1n) is 12.8. The molecule has 3 aliphatic rings. The lowest BCUT2D eigenvalue weighted by molar-refractivity contribution is -0.135. The highest BCUT2D eigenvalue weighted by molar-refractivity contribution is 6.00. The molecule has 36 heavy (non-hydrogen) atoms. The number of rotatable bonds is 6. The van der Waals surface area contributed by atoms with Crippen LogP contribution in [-0.4, -0.2) is 60.6 Å². The van der Waals surface area contributed by atoms with Gasteiger partial charge in [0.25, 0.3) is 5.91 Å². The van der Waals surface area contributed by atoms with Crippen LogP contribution in [0.3, 0.4) is 0 Å². The first kappa shape index (κ1) is 24.3. The highest BCUT2D eigenvalue weighted by Gasteiger charge is 2.39. The van der Waals surface area contributed by atoms with Gasteiger partial charge in [0.1, 0.15) is 18.5 Å². The lowest BCUT2D eigenvalue weighted by Crippen LogP contribution is -2.54. The molecule has 2 fully saturated rings. The third kappa shape index (κ3) is 5.54. The normalized spacial score (nSPS) is 23.8. The SMILES string of the molecule is CN1C(=O)c2cc(NC(=O)Cc3ccccc3)ccc2OC[C@H]2O[C@@H](CC(=O)NC3CCC3)CC[C@@H]21. The van der Waals surface area contributed by atoms with Gasteiger partial charge in [-0.2, -0.15) is 0 Å². The molecule has 2 N–H and O–H groups in total. The zero-order valence-electron chi connectivity index (χ0n) is 20.6. The fourth-order valence-corrected chi connectivity index (χ4v) is 5.14. The van der Waals surface area contributed by atoms with Crippen molar-refractivity contribution >= 4 is 23.4 Å². The van der Waals surface area contributed by atoms with Crippen LogP contribution in [0.5, 0.6) is 5.75 Å². The second-order valence-electron chi connectivity index (χ2n) is 9.99. The molecular formula is C28H33N3O5. The van der Waals surface area contributed by atoms with Crippen LogP contribution in [-0.2, 0) is 20.7 Å². The number of carbonyl (C=O) groups is 3. The minimum Gasteiger partial charge on any atom is -0.490 e. The molecule has 0 bridgehead atoms. The predicted molar refractivity (Wildman–Crippen MR) is 135 cm³/mol. The molecule has 0 spiro atoms. The number of ether oxygens (including phenoxy) is 2. The highest BCUT2D eigenvalue weighted by atomic mass is 16.5. The summed E-state index contributed by atoms with van der Waals surface area (Å²) in [5.41, 5.74) is 1.88. The van der Waals surface area contributed by atoms with Gasteiger partial charge in [-0.05, 0) is 55.9 Å². The Labute approximate surface area is 211 Å². The summed E-state index contributed by atoms with van der Waals surface area (Å²) in [7, 11) is 1.78. The molecule has 8 heteroatoms. The van der Waals surface area contributed by atoms with Crippen LogP contribution in [0.15, 0.2) is 48.5 Å². The zero-order chi connectivity index (χ0) is 25.1. The monoisotopic (exact) mass is 491 g/mol. The minimum atomic E-state index is -0.312. The molecule has 3 atom stereocenters. The maximum Gasteiger partial charge on any atom is 0.257 e. The summed E-state index contributed by atoms with van der Waals surface area (Å²) < 4.78 is 12.3. The van der Waals surface area contributed by atoms with Crippen molar-refractivity contribution in [3.63, 3.8) is 0 Å². The summed E-state index contributed by atoms with van der Waals surface area (Å²) in [5, 5.41) is 5.96. The van der Waals surface area contributed by atoms with Gasteiger partial charge in [-0.25, -0.2) is 0 Å². The minimum absolute atomic E-state index is 0.0338. The van der Waals surface area contributed by atoms with Gasteiger partial charge in [-0.15, -0.1) is 0 Å². The number of nitrogens with zero attached hydrogens (tertiary/aromatic N) is 1. The number of benzene rings is 2. The third-order valence-electron chi connectivity index (χ3n) is 7.39. The zero-order valence-corrected chi connectivity index (χ0v) is 20.6. The molecule has 2 aromatic rings. The summed E-state index contributed by atoms with van der Waals surface area (Å²) >= 11 is 0.